The Bertz CT molecular complexity index is 4210. The number of phenolic OH excluding ortho intramolecular Hbond substituents is 4. The second-order valence-electron chi connectivity index (χ2n) is 33.6. The number of fused-ring (bicyclic) bond motifs is 6. The predicted molar refractivity (Wildman–Crippen MR) is 375 cm³/mol. The Labute approximate surface area is 534 Å². The third-order valence-electron chi connectivity index (χ3n) is 19.5. The summed E-state index contributed by atoms with van der Waals surface area (Å²) < 4.78 is 35.4. The molecule has 0 aliphatic carbocycles. The Kier molecular flexibility index (Phi) is 16.0. The van der Waals surface area contributed by atoms with Crippen LogP contribution in [0.3, 0.4) is 0 Å². The number of aromatic nitrogens is 2. The van der Waals surface area contributed by atoms with E-state index in [1.165, 1.54) is 24.3 Å². The molecule has 0 saturated carbocycles. The molecule has 0 radical (unpaired) electrons. The summed E-state index contributed by atoms with van der Waals surface area (Å²) in [6.45, 7) is 48.2. The summed E-state index contributed by atoms with van der Waals surface area (Å²) in [4.78, 5) is 0. The third kappa shape index (κ3) is 12.3. The number of hydrogen-bond acceptors (Lipinski definition) is 4. The van der Waals surface area contributed by atoms with Gasteiger partial charge in [0.05, 0.1) is 33.4 Å². The second kappa shape index (κ2) is 22.1. The van der Waals surface area contributed by atoms with E-state index in [1.807, 2.05) is 12.1 Å². The van der Waals surface area contributed by atoms with Gasteiger partial charge >= 0.3 is 0 Å². The van der Waals surface area contributed by atoms with Crippen molar-refractivity contribution < 1.29 is 29.2 Å². The van der Waals surface area contributed by atoms with Crippen molar-refractivity contribution in [2.24, 2.45) is 10.8 Å². The number of hydrogen-bond donors (Lipinski definition) is 4. The average Bonchev–Trinajstić information content (AvgIpc) is 1.55. The number of rotatable bonds is 13. The van der Waals surface area contributed by atoms with Crippen LogP contribution in [0.2, 0.25) is 0 Å². The van der Waals surface area contributed by atoms with Crippen molar-refractivity contribution in [2.45, 2.75) is 210 Å². The number of aryl methyl sites for hydroxylation is 2. The lowest BCUT2D eigenvalue weighted by atomic mass is 9.71. The second-order valence-corrected chi connectivity index (χ2v) is 33.6. The fourth-order valence-electron chi connectivity index (χ4n) is 14.8. The zero-order chi connectivity index (χ0) is 66.3. The Morgan fingerprint density at radius 2 is 0.589 bits per heavy atom. The zero-order valence-corrected chi connectivity index (χ0v) is 57.8. The first-order valence-corrected chi connectivity index (χ1v) is 32.3. The van der Waals surface area contributed by atoms with Gasteiger partial charge in [0.15, 0.2) is 0 Å². The van der Waals surface area contributed by atoms with Crippen molar-refractivity contribution in [3.63, 3.8) is 0 Å². The number of halogens is 2. The van der Waals surface area contributed by atoms with Crippen LogP contribution in [0, 0.1) is 36.3 Å². The van der Waals surface area contributed by atoms with E-state index in [4.69, 9.17) is 0 Å². The molecule has 0 saturated heterocycles. The summed E-state index contributed by atoms with van der Waals surface area (Å²) in [5, 5.41) is 53.4. The Balaban J connectivity index is 1.13. The highest BCUT2D eigenvalue weighted by Gasteiger charge is 2.35. The van der Waals surface area contributed by atoms with Crippen LogP contribution in [-0.4, -0.2) is 29.6 Å². The van der Waals surface area contributed by atoms with Crippen molar-refractivity contribution in [3.05, 3.63) is 177 Å². The van der Waals surface area contributed by atoms with Crippen molar-refractivity contribution in [1.82, 2.24) is 9.13 Å². The number of benzene rings is 8. The molecule has 4 N–H and O–H groups in total. The van der Waals surface area contributed by atoms with Gasteiger partial charge in [-0.25, -0.2) is 8.78 Å². The minimum absolute atomic E-state index is 0.0451. The van der Waals surface area contributed by atoms with E-state index >= 15 is 8.78 Å². The topological polar surface area (TPSA) is 90.8 Å². The van der Waals surface area contributed by atoms with Crippen molar-refractivity contribution in [2.75, 3.05) is 0 Å². The SMILES string of the molecule is Cc1cc(F)cc(-c2cc(C(C)(C)CC(C)(C)C)cc(-n3c4cc(C(C)(C)C)ccc4c4ccc(C(C)(C)CCC(C)(C)c5ccc6c7ccc(C(C)(C)C)cc7n(-c7cc(C(C)(C)CC(C)(C)C)cc(-c8cc(F)cc(C)c8O)c7O)c6c5)cc43)c2O)c1O. The third-order valence-corrected chi connectivity index (χ3v) is 19.5. The smallest absolute Gasteiger partial charge is 0.147 e. The average molecular weight is 1210 g/mol. The van der Waals surface area contributed by atoms with Crippen LogP contribution < -0.4 is 0 Å². The maximum atomic E-state index is 15.5. The molecule has 0 fully saturated rings. The largest absolute Gasteiger partial charge is 0.507 e. The maximum Gasteiger partial charge on any atom is 0.147 e. The van der Waals surface area contributed by atoms with Crippen LogP contribution in [0.4, 0.5) is 8.78 Å². The van der Waals surface area contributed by atoms with Crippen LogP contribution in [0.1, 0.15) is 209 Å². The van der Waals surface area contributed by atoms with Crippen LogP contribution >= 0.6 is 0 Å². The summed E-state index contributed by atoms with van der Waals surface area (Å²) >= 11 is 0. The highest BCUT2D eigenvalue weighted by molar-refractivity contribution is 6.11. The first kappa shape index (κ1) is 65.4. The van der Waals surface area contributed by atoms with Gasteiger partial charge in [-0.05, 0) is 200 Å². The van der Waals surface area contributed by atoms with E-state index < -0.39 is 22.5 Å². The molecule has 8 aromatic carbocycles. The van der Waals surface area contributed by atoms with Crippen molar-refractivity contribution in [3.8, 4) is 56.6 Å². The number of aromatic hydroxyl groups is 4. The number of nitrogens with zero attached hydrogens (tertiary/aromatic N) is 2. The van der Waals surface area contributed by atoms with E-state index in [9.17, 15) is 20.4 Å². The minimum Gasteiger partial charge on any atom is -0.507 e. The highest BCUT2D eigenvalue weighted by Crippen LogP contribution is 2.51. The van der Waals surface area contributed by atoms with Gasteiger partial charge < -0.3 is 29.6 Å². The molecule has 10 rings (SSSR count). The van der Waals surface area contributed by atoms with E-state index in [0.29, 0.717) is 33.6 Å². The number of phenols is 4. The molecule has 0 amide bonds. The van der Waals surface area contributed by atoms with Gasteiger partial charge in [-0.2, -0.15) is 0 Å². The summed E-state index contributed by atoms with van der Waals surface area (Å²) in [5.41, 5.74) is 11.4. The van der Waals surface area contributed by atoms with Crippen LogP contribution in [-0.2, 0) is 32.5 Å². The molecule has 6 nitrogen and oxygen atoms in total. The van der Waals surface area contributed by atoms with Crippen molar-refractivity contribution in [1.29, 1.82) is 0 Å². The van der Waals surface area contributed by atoms with Crippen LogP contribution in [0.15, 0.2) is 121 Å². The molecule has 8 heteroatoms. The lowest BCUT2D eigenvalue weighted by molar-refractivity contribution is 0.283. The molecular formula is C82H98F2N2O4. The van der Waals surface area contributed by atoms with Gasteiger partial charge in [0.1, 0.15) is 34.6 Å². The summed E-state index contributed by atoms with van der Waals surface area (Å²) in [5.74, 6) is -1.22. The zero-order valence-electron chi connectivity index (χ0n) is 57.8. The molecule has 0 atom stereocenters. The normalized spacial score (nSPS) is 13.5. The molecule has 2 aromatic heterocycles. The Hall–Kier alpha value is -7.58. The summed E-state index contributed by atoms with van der Waals surface area (Å²) in [6, 6.07) is 40.3. The molecule has 10 aromatic rings. The molecule has 90 heavy (non-hydrogen) atoms. The molecule has 2 heterocycles. The fourth-order valence-corrected chi connectivity index (χ4v) is 14.8. The van der Waals surface area contributed by atoms with E-state index in [1.54, 1.807) is 13.8 Å². The van der Waals surface area contributed by atoms with E-state index in [2.05, 4.69) is 233 Å². The molecule has 474 valence electrons. The van der Waals surface area contributed by atoms with Crippen LogP contribution in [0.25, 0.3) is 77.2 Å². The molecule has 0 aliphatic heterocycles. The molecule has 0 unspecified atom stereocenters. The predicted octanol–water partition coefficient (Wildman–Crippen LogP) is 23.0. The fraction of sp³-hybridized carbons (Fsp3) is 0.415. The quantitative estimate of drug-likeness (QED) is 0.0926. The molecule has 0 aliphatic rings. The van der Waals surface area contributed by atoms with Gasteiger partial charge in [-0.1, -0.05) is 187 Å². The van der Waals surface area contributed by atoms with Gasteiger partial charge in [0.2, 0.25) is 0 Å². The molecular weight excluding hydrogens is 1110 g/mol. The minimum atomic E-state index is -0.493. The van der Waals surface area contributed by atoms with E-state index in [0.717, 1.165) is 103 Å². The first-order chi connectivity index (χ1) is 41.4. The van der Waals surface area contributed by atoms with E-state index in [-0.39, 0.29) is 66.6 Å². The van der Waals surface area contributed by atoms with Gasteiger partial charge in [-0.3, -0.25) is 0 Å². The molecule has 0 bridgehead atoms. The Morgan fingerprint density at radius 3 is 0.878 bits per heavy atom. The first-order valence-electron chi connectivity index (χ1n) is 32.3. The van der Waals surface area contributed by atoms with Gasteiger partial charge in [0.25, 0.3) is 0 Å². The standard InChI is InChI=1S/C82H98F2N2O4/c1-47-33-55(83)43-63(71(47)87)61-35-53(81(19,20)45-75(3,4)5)41-69(73(61)89)85-65-37-49(77(9,10)11)23-27-57(65)59-29-25-51(39-67(59)85)79(15,16)31-32-80(17,18)52-26-30-60-58-28-24-50(78(12,13)14)38-66(58)86(68(60)40-52)70-42-54(82(21,22)46-76(6,7)8)36-62(74(70)90)64-44-56(84)34-48(2)72(64)88/h23-30,33-44,87-90H,31-32,45-46H2,1-22H3. The van der Waals surface area contributed by atoms with Crippen LogP contribution in [0.5, 0.6) is 23.0 Å². The summed E-state index contributed by atoms with van der Waals surface area (Å²) in [6.07, 6.45) is 3.27. The van der Waals surface area contributed by atoms with Gasteiger partial charge in [-0.15, -0.1) is 0 Å². The lowest BCUT2D eigenvalue weighted by Crippen LogP contribution is -2.25. The maximum absolute atomic E-state index is 15.5. The Morgan fingerprint density at radius 1 is 0.311 bits per heavy atom. The monoisotopic (exact) mass is 1210 g/mol. The van der Waals surface area contributed by atoms with Gasteiger partial charge in [0, 0.05) is 43.8 Å². The highest BCUT2D eigenvalue weighted by atomic mass is 19.1. The lowest BCUT2D eigenvalue weighted by Gasteiger charge is -2.34. The summed E-state index contributed by atoms with van der Waals surface area (Å²) in [7, 11) is 0. The molecule has 0 spiro atoms. The van der Waals surface area contributed by atoms with Crippen molar-refractivity contribution >= 4 is 43.6 Å².